The summed E-state index contributed by atoms with van der Waals surface area (Å²) in [5, 5.41) is 0. The molecule has 14 heteroatoms. The van der Waals surface area contributed by atoms with Gasteiger partial charge in [-0.25, -0.2) is 26.0 Å². The lowest BCUT2D eigenvalue weighted by Gasteiger charge is -2.38. The van der Waals surface area contributed by atoms with Crippen LogP contribution in [0.2, 0.25) is 0 Å². The van der Waals surface area contributed by atoms with E-state index in [1.54, 1.807) is 0 Å². The Morgan fingerprint density at radius 1 is 0.707 bits per heavy atom. The van der Waals surface area contributed by atoms with Crippen molar-refractivity contribution < 1.29 is 57.1 Å². The molecule has 0 amide bonds. The van der Waals surface area contributed by atoms with Gasteiger partial charge in [-0.1, -0.05) is 37.1 Å². The van der Waals surface area contributed by atoms with Crippen molar-refractivity contribution >= 4 is 9.84 Å². The Morgan fingerprint density at radius 3 is 1.73 bits per heavy atom. The summed E-state index contributed by atoms with van der Waals surface area (Å²) in [5.41, 5.74) is -8.27. The summed E-state index contributed by atoms with van der Waals surface area (Å²) >= 11 is 0. The van der Waals surface area contributed by atoms with Crippen LogP contribution in [0.5, 0.6) is 0 Å². The molecule has 0 atom stereocenters. The number of sulfone groups is 1. The van der Waals surface area contributed by atoms with E-state index in [0.29, 0.717) is 37.1 Å². The van der Waals surface area contributed by atoms with Gasteiger partial charge in [0, 0.05) is 5.56 Å². The molecule has 3 aromatic rings. The zero-order valence-corrected chi connectivity index (χ0v) is 21.5. The second-order valence-corrected chi connectivity index (χ2v) is 11.8. The fraction of sp³-hybridized carbons (Fsp3) is 0.333. The van der Waals surface area contributed by atoms with Crippen LogP contribution in [0.1, 0.15) is 42.4 Å². The van der Waals surface area contributed by atoms with Gasteiger partial charge in [0.1, 0.15) is 16.4 Å². The Balaban J connectivity index is 1.82. The second-order valence-electron chi connectivity index (χ2n) is 9.52. The van der Waals surface area contributed by atoms with Gasteiger partial charge < -0.3 is 4.74 Å². The van der Waals surface area contributed by atoms with Gasteiger partial charge in [0.15, 0.2) is 21.5 Å². The van der Waals surface area contributed by atoms with Crippen molar-refractivity contribution in [2.45, 2.75) is 59.9 Å². The van der Waals surface area contributed by atoms with E-state index in [-0.39, 0.29) is 23.3 Å². The number of hydrogen-bond donors (Lipinski definition) is 0. The third kappa shape index (κ3) is 5.09. The van der Waals surface area contributed by atoms with Crippen molar-refractivity contribution in [2.75, 3.05) is 0 Å². The number of rotatable bonds is 7. The zero-order valence-electron chi connectivity index (χ0n) is 20.7. The third-order valence-corrected chi connectivity index (χ3v) is 9.80. The monoisotopic (exact) mass is 614 g/mol. The highest BCUT2D eigenvalue weighted by molar-refractivity contribution is 7.92. The number of hydrogen-bond acceptors (Lipinski definition) is 3. The molecule has 0 heterocycles. The van der Waals surface area contributed by atoms with Crippen LogP contribution in [-0.4, -0.2) is 20.8 Å². The average molecular weight is 615 g/mol. The highest BCUT2D eigenvalue weighted by Gasteiger charge is 2.73. The number of ether oxygens (including phenoxy) is 1. The molecule has 1 fully saturated rings. The van der Waals surface area contributed by atoms with Crippen molar-refractivity contribution in [2.24, 2.45) is 0 Å². The Bertz CT molecular complexity index is 1490. The van der Waals surface area contributed by atoms with Crippen molar-refractivity contribution in [3.63, 3.8) is 0 Å². The Morgan fingerprint density at radius 2 is 1.22 bits per heavy atom. The smallest absolute Gasteiger partial charge is 0.349 e. The van der Waals surface area contributed by atoms with Crippen molar-refractivity contribution in [1.82, 2.24) is 0 Å². The molecule has 0 aliphatic heterocycles. The molecular weight excluding hydrogens is 594 g/mol. The lowest BCUT2D eigenvalue weighted by molar-refractivity contribution is -0.392. The molecule has 0 aromatic heterocycles. The summed E-state index contributed by atoms with van der Waals surface area (Å²) in [6, 6.07) is 6.79. The number of alkyl halides is 6. The normalized spacial score (nSPS) is 16.2. The van der Waals surface area contributed by atoms with Gasteiger partial charge in [-0.2, -0.15) is 26.3 Å². The average Bonchev–Trinajstić information content (AvgIpc) is 3.39. The molecule has 41 heavy (non-hydrogen) atoms. The van der Waals surface area contributed by atoms with Crippen molar-refractivity contribution in [3.8, 4) is 0 Å². The van der Waals surface area contributed by atoms with Crippen LogP contribution in [0.25, 0.3) is 0 Å². The van der Waals surface area contributed by atoms with Gasteiger partial charge in [0.25, 0.3) is 5.60 Å². The zero-order chi connectivity index (χ0) is 30.4. The molecule has 0 N–H and O–H groups in total. The van der Waals surface area contributed by atoms with E-state index in [9.17, 15) is 52.3 Å². The molecule has 0 bridgehead atoms. The van der Waals surface area contributed by atoms with E-state index in [2.05, 4.69) is 4.74 Å². The molecule has 1 aliphatic carbocycles. The van der Waals surface area contributed by atoms with Crippen LogP contribution in [0, 0.1) is 23.3 Å². The first-order valence-electron chi connectivity index (χ1n) is 12.0. The van der Waals surface area contributed by atoms with E-state index in [0.717, 1.165) is 36.4 Å². The minimum absolute atomic E-state index is 0.00956. The fourth-order valence-electron chi connectivity index (χ4n) is 5.12. The summed E-state index contributed by atoms with van der Waals surface area (Å²) in [6.45, 7) is -1.95. The molecule has 1 aliphatic rings. The maximum Gasteiger partial charge on any atom is 0.430 e. The van der Waals surface area contributed by atoms with Gasteiger partial charge in [-0.15, -0.1) is 0 Å². The molecule has 0 saturated heterocycles. The fourth-order valence-corrected chi connectivity index (χ4v) is 7.34. The summed E-state index contributed by atoms with van der Waals surface area (Å²) in [5.74, 6) is -6.09. The van der Waals surface area contributed by atoms with Crippen LogP contribution in [-0.2, 0) is 31.5 Å². The van der Waals surface area contributed by atoms with Gasteiger partial charge >= 0.3 is 12.4 Å². The van der Waals surface area contributed by atoms with Crippen molar-refractivity contribution in [3.05, 3.63) is 101 Å². The lowest BCUT2D eigenvalue weighted by atomic mass is 9.88. The van der Waals surface area contributed by atoms with Crippen LogP contribution in [0.4, 0.5) is 43.9 Å². The molecule has 4 rings (SSSR count). The van der Waals surface area contributed by atoms with E-state index in [4.69, 9.17) is 0 Å². The van der Waals surface area contributed by atoms with Gasteiger partial charge in [-0.05, 0) is 54.8 Å². The van der Waals surface area contributed by atoms with E-state index < -0.39 is 73.5 Å². The summed E-state index contributed by atoms with van der Waals surface area (Å²) in [7, 11) is -4.30. The largest absolute Gasteiger partial charge is 0.430 e. The maximum absolute atomic E-state index is 14.2. The van der Waals surface area contributed by atoms with Crippen LogP contribution in [0.15, 0.2) is 65.6 Å². The highest BCUT2D eigenvalue weighted by atomic mass is 32.2. The number of benzene rings is 3. The molecule has 0 spiro atoms. The molecule has 0 unspecified atom stereocenters. The van der Waals surface area contributed by atoms with Crippen LogP contribution < -0.4 is 0 Å². The first-order chi connectivity index (χ1) is 19.0. The minimum Gasteiger partial charge on any atom is -0.349 e. The SMILES string of the molecule is O=S(=O)(c1ccc(F)cc1)C1(c2ccc(C(OCc3c(F)ccc(F)c3F)(C(F)(F)F)C(F)(F)F)cc2)CCCC1. The molecule has 0 radical (unpaired) electrons. The molecule has 3 nitrogen and oxygen atoms in total. The Hall–Kier alpha value is -3.13. The van der Waals surface area contributed by atoms with E-state index in [1.807, 2.05) is 0 Å². The molecule has 1 saturated carbocycles. The second kappa shape index (κ2) is 10.6. The lowest BCUT2D eigenvalue weighted by Crippen LogP contribution is -2.56. The van der Waals surface area contributed by atoms with Gasteiger partial charge in [0.05, 0.1) is 17.1 Å². The predicted octanol–water partition coefficient (Wildman–Crippen LogP) is 8.02. The number of halogens is 10. The van der Waals surface area contributed by atoms with Gasteiger partial charge in [0.2, 0.25) is 0 Å². The quantitative estimate of drug-likeness (QED) is 0.154. The highest BCUT2D eigenvalue weighted by Crippen LogP contribution is 2.54. The standard InChI is InChI=1S/C27H20F10O3S/c28-18-7-9-19(10-8-18)41(38,39)24(13-1-2-14-24)16-3-5-17(6-4-16)25(26(32,33)34,27(35,36)37)40-15-20-21(29)11-12-22(30)23(20)31/h3-12H,1-2,13-15H2. The Kier molecular flexibility index (Phi) is 7.97. The Labute approximate surface area is 227 Å². The van der Waals surface area contributed by atoms with Crippen molar-refractivity contribution in [1.29, 1.82) is 0 Å². The maximum atomic E-state index is 14.2. The summed E-state index contributed by atoms with van der Waals surface area (Å²) in [4.78, 5) is -0.285. The van der Waals surface area contributed by atoms with E-state index >= 15 is 0 Å². The summed E-state index contributed by atoms with van der Waals surface area (Å²) < 4.78 is 170. The van der Waals surface area contributed by atoms with Gasteiger partial charge in [-0.3, -0.25) is 0 Å². The molecule has 3 aromatic carbocycles. The molecule has 222 valence electrons. The third-order valence-electron chi connectivity index (χ3n) is 7.24. The first-order valence-corrected chi connectivity index (χ1v) is 13.5. The van der Waals surface area contributed by atoms with Crippen LogP contribution >= 0.6 is 0 Å². The first kappa shape index (κ1) is 30.8. The topological polar surface area (TPSA) is 43.4 Å². The predicted molar refractivity (Wildman–Crippen MR) is 125 cm³/mol. The summed E-state index contributed by atoms with van der Waals surface area (Å²) in [6.07, 6.45) is -11.7. The molecular formula is C27H20F10O3S. The minimum atomic E-state index is -6.24. The van der Waals surface area contributed by atoms with E-state index in [1.165, 1.54) is 0 Å². The van der Waals surface area contributed by atoms with Crippen LogP contribution in [0.3, 0.4) is 0 Å².